The molecule has 0 bridgehead atoms. The number of nitrogens with zero attached hydrogens (tertiary/aromatic N) is 5. The molecule has 30 heavy (non-hydrogen) atoms. The summed E-state index contributed by atoms with van der Waals surface area (Å²) in [6.45, 7) is 10.9. The second kappa shape index (κ2) is 13.4. The van der Waals surface area contributed by atoms with E-state index in [-0.39, 0.29) is 24.0 Å². The van der Waals surface area contributed by atoms with Crippen molar-refractivity contribution in [1.29, 1.82) is 0 Å². The van der Waals surface area contributed by atoms with Crippen molar-refractivity contribution in [1.82, 2.24) is 25.3 Å². The summed E-state index contributed by atoms with van der Waals surface area (Å²) in [5.41, 5.74) is 2.00. The number of hydrogen-bond acceptors (Lipinski definition) is 6. The van der Waals surface area contributed by atoms with E-state index in [1.807, 2.05) is 18.2 Å². The highest BCUT2D eigenvalue weighted by Gasteiger charge is 2.20. The number of halogens is 1. The lowest BCUT2D eigenvalue weighted by Crippen LogP contribution is -2.52. The SMILES string of the molecule is CCCCOc1ncccc1CN=C(NCC)N1CCN(Cc2ccon2)CC1.I. The molecule has 0 aromatic carbocycles. The molecule has 8 nitrogen and oxygen atoms in total. The number of pyridine rings is 1. The molecule has 0 amide bonds. The molecule has 1 saturated heterocycles. The van der Waals surface area contributed by atoms with E-state index in [1.54, 1.807) is 12.5 Å². The molecule has 3 heterocycles. The van der Waals surface area contributed by atoms with Crippen molar-refractivity contribution in [3.63, 3.8) is 0 Å². The number of guanidine groups is 1. The number of rotatable bonds is 9. The van der Waals surface area contributed by atoms with Crippen LogP contribution < -0.4 is 10.1 Å². The van der Waals surface area contributed by atoms with Gasteiger partial charge < -0.3 is 19.5 Å². The Bertz CT molecular complexity index is 748. The second-order valence-corrected chi connectivity index (χ2v) is 7.09. The van der Waals surface area contributed by atoms with Gasteiger partial charge in [0.25, 0.3) is 0 Å². The number of ether oxygens (including phenoxy) is 1. The molecule has 1 aliphatic heterocycles. The van der Waals surface area contributed by atoms with Crippen LogP contribution in [0.5, 0.6) is 5.88 Å². The zero-order chi connectivity index (χ0) is 20.3. The minimum atomic E-state index is 0. The topological polar surface area (TPSA) is 79.0 Å². The lowest BCUT2D eigenvalue weighted by molar-refractivity contribution is 0.169. The van der Waals surface area contributed by atoms with Crippen LogP contribution in [-0.4, -0.2) is 65.2 Å². The van der Waals surface area contributed by atoms with Gasteiger partial charge in [0.2, 0.25) is 5.88 Å². The largest absolute Gasteiger partial charge is 0.477 e. The van der Waals surface area contributed by atoms with Gasteiger partial charge in [-0.2, -0.15) is 0 Å². The minimum Gasteiger partial charge on any atom is -0.477 e. The first kappa shape index (κ1) is 24.4. The molecule has 9 heteroatoms. The van der Waals surface area contributed by atoms with Gasteiger partial charge in [0.1, 0.15) is 6.26 Å². The number of unbranched alkanes of at least 4 members (excludes halogenated alkanes) is 1. The van der Waals surface area contributed by atoms with Crippen LogP contribution in [0.3, 0.4) is 0 Å². The quantitative estimate of drug-likeness (QED) is 0.232. The fourth-order valence-corrected chi connectivity index (χ4v) is 3.24. The lowest BCUT2D eigenvalue weighted by Gasteiger charge is -2.36. The van der Waals surface area contributed by atoms with Crippen molar-refractivity contribution in [2.24, 2.45) is 4.99 Å². The van der Waals surface area contributed by atoms with Gasteiger partial charge in [-0.15, -0.1) is 24.0 Å². The van der Waals surface area contributed by atoms with Crippen LogP contribution >= 0.6 is 24.0 Å². The summed E-state index contributed by atoms with van der Waals surface area (Å²) in [6.07, 6.45) is 5.53. The molecule has 0 unspecified atom stereocenters. The number of hydrogen-bond donors (Lipinski definition) is 1. The maximum Gasteiger partial charge on any atom is 0.218 e. The summed E-state index contributed by atoms with van der Waals surface area (Å²) in [4.78, 5) is 14.0. The molecule has 1 aliphatic rings. The van der Waals surface area contributed by atoms with Crippen LogP contribution in [0.1, 0.15) is 37.9 Å². The molecule has 1 N–H and O–H groups in total. The Hall–Kier alpha value is -1.88. The summed E-state index contributed by atoms with van der Waals surface area (Å²) >= 11 is 0. The molecule has 166 valence electrons. The van der Waals surface area contributed by atoms with E-state index < -0.39 is 0 Å². The highest BCUT2D eigenvalue weighted by molar-refractivity contribution is 14.0. The van der Waals surface area contributed by atoms with E-state index in [1.165, 1.54) is 0 Å². The number of nitrogens with one attached hydrogen (secondary N) is 1. The summed E-state index contributed by atoms with van der Waals surface area (Å²) in [5.74, 6) is 1.63. The Balaban J connectivity index is 0.00000320. The predicted molar refractivity (Wildman–Crippen MR) is 128 cm³/mol. The van der Waals surface area contributed by atoms with E-state index >= 15 is 0 Å². The number of aliphatic imine (C=N–C) groups is 1. The van der Waals surface area contributed by atoms with Crippen LogP contribution in [0.25, 0.3) is 0 Å². The Kier molecular flexibility index (Phi) is 10.9. The lowest BCUT2D eigenvalue weighted by atomic mass is 10.2. The Labute approximate surface area is 196 Å². The van der Waals surface area contributed by atoms with Gasteiger partial charge in [-0.25, -0.2) is 9.98 Å². The van der Waals surface area contributed by atoms with E-state index in [0.717, 1.165) is 69.3 Å². The Morgan fingerprint density at radius 3 is 2.77 bits per heavy atom. The summed E-state index contributed by atoms with van der Waals surface area (Å²) in [6, 6.07) is 5.90. The van der Waals surface area contributed by atoms with Gasteiger partial charge in [-0.05, 0) is 19.4 Å². The number of aromatic nitrogens is 2. The smallest absolute Gasteiger partial charge is 0.218 e. The highest BCUT2D eigenvalue weighted by Crippen LogP contribution is 2.16. The fourth-order valence-electron chi connectivity index (χ4n) is 3.24. The molecule has 0 atom stereocenters. The normalized spacial score (nSPS) is 15.0. The summed E-state index contributed by atoms with van der Waals surface area (Å²) < 4.78 is 10.8. The molecule has 0 aliphatic carbocycles. The molecule has 0 saturated carbocycles. The van der Waals surface area contributed by atoms with Crippen molar-refractivity contribution < 1.29 is 9.26 Å². The predicted octanol–water partition coefficient (Wildman–Crippen LogP) is 3.15. The van der Waals surface area contributed by atoms with Crippen molar-refractivity contribution in [2.45, 2.75) is 39.8 Å². The zero-order valence-electron chi connectivity index (χ0n) is 17.9. The molecule has 3 rings (SSSR count). The Morgan fingerprint density at radius 1 is 1.23 bits per heavy atom. The maximum atomic E-state index is 5.84. The van der Waals surface area contributed by atoms with Crippen molar-refractivity contribution in [2.75, 3.05) is 39.3 Å². The zero-order valence-corrected chi connectivity index (χ0v) is 20.2. The third kappa shape index (κ3) is 7.42. The Morgan fingerprint density at radius 2 is 2.07 bits per heavy atom. The molecule has 2 aromatic rings. The molecule has 0 radical (unpaired) electrons. The first-order chi connectivity index (χ1) is 14.3. The average Bonchev–Trinajstić information content (AvgIpc) is 3.26. The maximum absolute atomic E-state index is 5.84. The molecule has 1 fully saturated rings. The van der Waals surface area contributed by atoms with Gasteiger partial charge >= 0.3 is 0 Å². The van der Waals surface area contributed by atoms with Crippen LogP contribution in [-0.2, 0) is 13.1 Å². The fraction of sp³-hybridized carbons (Fsp3) is 0.571. The molecular weight excluding hydrogens is 495 g/mol. The third-order valence-corrected chi connectivity index (χ3v) is 4.87. The van der Waals surface area contributed by atoms with Gasteiger partial charge in [0.05, 0.1) is 18.8 Å². The van der Waals surface area contributed by atoms with E-state index in [4.69, 9.17) is 14.3 Å². The first-order valence-corrected chi connectivity index (χ1v) is 10.5. The van der Waals surface area contributed by atoms with E-state index in [9.17, 15) is 0 Å². The standard InChI is InChI=1S/C21H32N6O2.HI/c1-3-5-14-28-20-18(7-6-9-23-20)16-24-21(22-4-2)27-12-10-26(11-13-27)17-19-8-15-29-25-19;/h6-9,15H,3-5,10-14,16-17H2,1-2H3,(H,22,24);1H. The van der Waals surface area contributed by atoms with E-state index in [0.29, 0.717) is 19.0 Å². The van der Waals surface area contributed by atoms with Crippen molar-refractivity contribution >= 4 is 29.9 Å². The molecule has 2 aromatic heterocycles. The molecular formula is C21H33IN6O2. The van der Waals surface area contributed by atoms with Crippen LogP contribution in [0.2, 0.25) is 0 Å². The van der Waals surface area contributed by atoms with Gasteiger partial charge in [0.15, 0.2) is 5.96 Å². The average molecular weight is 528 g/mol. The van der Waals surface area contributed by atoms with Crippen LogP contribution in [0, 0.1) is 0 Å². The highest BCUT2D eigenvalue weighted by atomic mass is 127. The van der Waals surface area contributed by atoms with Gasteiger partial charge in [-0.1, -0.05) is 24.6 Å². The van der Waals surface area contributed by atoms with Crippen LogP contribution in [0.4, 0.5) is 0 Å². The molecule has 0 spiro atoms. The third-order valence-electron chi connectivity index (χ3n) is 4.87. The van der Waals surface area contributed by atoms with E-state index in [2.05, 4.69) is 39.1 Å². The van der Waals surface area contributed by atoms with Crippen molar-refractivity contribution in [3.8, 4) is 5.88 Å². The summed E-state index contributed by atoms with van der Waals surface area (Å²) in [5, 5.41) is 7.43. The second-order valence-electron chi connectivity index (χ2n) is 7.09. The van der Waals surface area contributed by atoms with Gasteiger partial charge in [0, 0.05) is 57.1 Å². The first-order valence-electron chi connectivity index (χ1n) is 10.5. The monoisotopic (exact) mass is 528 g/mol. The van der Waals surface area contributed by atoms with Crippen molar-refractivity contribution in [3.05, 3.63) is 41.9 Å². The summed E-state index contributed by atoms with van der Waals surface area (Å²) in [7, 11) is 0. The van der Waals surface area contributed by atoms with Gasteiger partial charge in [-0.3, -0.25) is 4.90 Å². The van der Waals surface area contributed by atoms with Crippen LogP contribution in [0.15, 0.2) is 40.2 Å². The minimum absolute atomic E-state index is 0. The number of piperazine rings is 1.